The van der Waals surface area contributed by atoms with Crippen molar-refractivity contribution in [2.45, 2.75) is 52.0 Å². The average Bonchev–Trinajstić information content (AvgIpc) is 2.83. The molecule has 1 aromatic carbocycles. The van der Waals surface area contributed by atoms with E-state index in [0.717, 1.165) is 35.3 Å². The van der Waals surface area contributed by atoms with Crippen LogP contribution in [0.15, 0.2) is 28.9 Å². The van der Waals surface area contributed by atoms with E-state index >= 15 is 0 Å². The molecule has 3 nitrogen and oxygen atoms in total. The fourth-order valence-electron chi connectivity index (χ4n) is 3.18. The molecule has 112 valence electrons. The lowest BCUT2D eigenvalue weighted by Crippen LogP contribution is -2.38. The van der Waals surface area contributed by atoms with E-state index in [2.05, 4.69) is 18.3 Å². The summed E-state index contributed by atoms with van der Waals surface area (Å²) in [6.07, 6.45) is 6.78. The fraction of sp³-hybridized carbons (Fsp3) is 0.500. The summed E-state index contributed by atoms with van der Waals surface area (Å²) in [4.78, 5) is 12.2. The maximum atomic E-state index is 12.2. The van der Waals surface area contributed by atoms with Crippen LogP contribution in [0.25, 0.3) is 11.0 Å². The number of fused-ring (bicyclic) bond motifs is 1. The second-order valence-electron chi connectivity index (χ2n) is 6.46. The number of nitrogens with one attached hydrogen (secondary N) is 1. The van der Waals surface area contributed by atoms with Gasteiger partial charge in [-0.25, -0.2) is 0 Å². The summed E-state index contributed by atoms with van der Waals surface area (Å²) in [6, 6.07) is 6.47. The number of carbonyl (C=O) groups excluding carboxylic acids is 1. The van der Waals surface area contributed by atoms with Crippen molar-refractivity contribution < 1.29 is 9.21 Å². The molecule has 1 saturated carbocycles. The van der Waals surface area contributed by atoms with Crippen LogP contribution in [0.2, 0.25) is 0 Å². The number of carbonyl (C=O) groups is 1. The molecule has 1 fully saturated rings. The minimum absolute atomic E-state index is 0.109. The molecule has 2 aromatic rings. The zero-order valence-electron chi connectivity index (χ0n) is 12.8. The van der Waals surface area contributed by atoms with Crippen LogP contribution in [0.5, 0.6) is 0 Å². The van der Waals surface area contributed by atoms with Crippen molar-refractivity contribution in [3.05, 3.63) is 35.6 Å². The number of amides is 1. The van der Waals surface area contributed by atoms with Gasteiger partial charge in [0, 0.05) is 17.0 Å². The summed E-state index contributed by atoms with van der Waals surface area (Å²) in [5.41, 5.74) is 3.01. The van der Waals surface area contributed by atoms with Gasteiger partial charge in [0.05, 0.1) is 12.7 Å². The van der Waals surface area contributed by atoms with Gasteiger partial charge in [0.2, 0.25) is 5.91 Å². The van der Waals surface area contributed by atoms with E-state index in [9.17, 15) is 4.79 Å². The van der Waals surface area contributed by atoms with E-state index in [1.54, 1.807) is 6.26 Å². The highest BCUT2D eigenvalue weighted by Crippen LogP contribution is 2.25. The van der Waals surface area contributed by atoms with Gasteiger partial charge in [-0.15, -0.1) is 0 Å². The van der Waals surface area contributed by atoms with Crippen LogP contribution < -0.4 is 5.32 Å². The third-order valence-electron chi connectivity index (χ3n) is 4.54. The molecule has 1 aliphatic rings. The molecule has 0 atom stereocenters. The highest BCUT2D eigenvalue weighted by atomic mass is 16.3. The molecule has 3 rings (SSSR count). The number of rotatable bonds is 3. The van der Waals surface area contributed by atoms with Gasteiger partial charge in [-0.3, -0.25) is 4.79 Å². The zero-order chi connectivity index (χ0) is 14.8. The van der Waals surface area contributed by atoms with Gasteiger partial charge in [-0.2, -0.15) is 0 Å². The first kappa shape index (κ1) is 14.2. The highest BCUT2D eigenvalue weighted by molar-refractivity contribution is 5.88. The minimum Gasteiger partial charge on any atom is -0.464 e. The van der Waals surface area contributed by atoms with Crippen LogP contribution in [-0.4, -0.2) is 11.9 Å². The molecule has 0 spiro atoms. The molecule has 3 heteroatoms. The molecule has 1 amide bonds. The Morgan fingerprint density at radius 3 is 2.81 bits per heavy atom. The average molecular weight is 285 g/mol. The second-order valence-corrected chi connectivity index (χ2v) is 6.46. The summed E-state index contributed by atoms with van der Waals surface area (Å²) >= 11 is 0. The normalized spacial score (nSPS) is 22.4. The maximum Gasteiger partial charge on any atom is 0.224 e. The fourth-order valence-corrected chi connectivity index (χ4v) is 3.18. The van der Waals surface area contributed by atoms with Crippen LogP contribution in [0.1, 0.15) is 43.7 Å². The molecular formula is C18H23NO2. The van der Waals surface area contributed by atoms with E-state index in [1.165, 1.54) is 18.4 Å². The zero-order valence-corrected chi connectivity index (χ0v) is 12.8. The first-order chi connectivity index (χ1) is 10.1. The molecule has 0 aliphatic heterocycles. The van der Waals surface area contributed by atoms with Gasteiger partial charge in [0.1, 0.15) is 5.58 Å². The lowest BCUT2D eigenvalue weighted by Gasteiger charge is -2.26. The topological polar surface area (TPSA) is 42.2 Å². The van der Waals surface area contributed by atoms with E-state index in [0.29, 0.717) is 12.5 Å². The third kappa shape index (κ3) is 3.29. The van der Waals surface area contributed by atoms with Gasteiger partial charge >= 0.3 is 0 Å². The summed E-state index contributed by atoms with van der Waals surface area (Å²) in [6.45, 7) is 4.33. The van der Waals surface area contributed by atoms with Gasteiger partial charge < -0.3 is 9.73 Å². The first-order valence-corrected chi connectivity index (χ1v) is 7.88. The van der Waals surface area contributed by atoms with Gasteiger partial charge in [0.25, 0.3) is 0 Å². The minimum atomic E-state index is 0.109. The van der Waals surface area contributed by atoms with Crippen LogP contribution in [0.4, 0.5) is 0 Å². The van der Waals surface area contributed by atoms with Crippen LogP contribution in [0, 0.1) is 12.8 Å². The lowest BCUT2D eigenvalue weighted by atomic mass is 9.87. The Morgan fingerprint density at radius 1 is 1.29 bits per heavy atom. The Hall–Kier alpha value is -1.77. The van der Waals surface area contributed by atoms with Crippen molar-refractivity contribution >= 4 is 16.9 Å². The molecule has 1 aromatic heterocycles. The molecule has 0 radical (unpaired) electrons. The van der Waals surface area contributed by atoms with Crippen molar-refractivity contribution in [1.82, 2.24) is 5.32 Å². The predicted octanol–water partition coefficient (Wildman–Crippen LogP) is 3.98. The van der Waals surface area contributed by atoms with Crippen molar-refractivity contribution in [3.8, 4) is 0 Å². The smallest absolute Gasteiger partial charge is 0.224 e. The van der Waals surface area contributed by atoms with Crippen molar-refractivity contribution in [2.24, 2.45) is 5.92 Å². The van der Waals surface area contributed by atoms with E-state index in [1.807, 2.05) is 19.1 Å². The Bertz CT molecular complexity index is 636. The Morgan fingerprint density at radius 2 is 2.05 bits per heavy atom. The van der Waals surface area contributed by atoms with Gasteiger partial charge in [-0.05, 0) is 50.2 Å². The second kappa shape index (κ2) is 5.92. The van der Waals surface area contributed by atoms with E-state index in [-0.39, 0.29) is 5.91 Å². The van der Waals surface area contributed by atoms with Crippen LogP contribution >= 0.6 is 0 Å². The van der Waals surface area contributed by atoms with Crippen molar-refractivity contribution in [1.29, 1.82) is 0 Å². The largest absolute Gasteiger partial charge is 0.464 e. The standard InChI is InChI=1S/C18H23NO2/c1-12-3-6-15(7-4-12)19-18(20)10-14-11-21-17-9-13(2)5-8-16(14)17/h5,8-9,11-12,15H,3-4,6-7,10H2,1-2H3,(H,19,20). The van der Waals surface area contributed by atoms with Gasteiger partial charge in [0.15, 0.2) is 0 Å². The Balaban J connectivity index is 1.63. The number of furan rings is 1. The maximum absolute atomic E-state index is 12.2. The number of aryl methyl sites for hydroxylation is 1. The molecule has 1 heterocycles. The third-order valence-corrected chi connectivity index (χ3v) is 4.54. The molecule has 0 bridgehead atoms. The molecule has 1 N–H and O–H groups in total. The summed E-state index contributed by atoms with van der Waals surface area (Å²) in [5.74, 6) is 0.914. The lowest BCUT2D eigenvalue weighted by molar-refractivity contribution is -0.121. The molecule has 21 heavy (non-hydrogen) atoms. The Labute approximate surface area is 125 Å². The highest BCUT2D eigenvalue weighted by Gasteiger charge is 2.20. The Kier molecular flexibility index (Phi) is 4.00. The van der Waals surface area contributed by atoms with Crippen LogP contribution in [0.3, 0.4) is 0 Å². The number of benzene rings is 1. The number of hydrogen-bond donors (Lipinski definition) is 1. The predicted molar refractivity (Wildman–Crippen MR) is 84.2 cm³/mol. The molecule has 0 saturated heterocycles. The number of hydrogen-bond acceptors (Lipinski definition) is 2. The summed E-state index contributed by atoms with van der Waals surface area (Å²) < 4.78 is 5.55. The first-order valence-electron chi connectivity index (χ1n) is 7.88. The monoisotopic (exact) mass is 285 g/mol. The van der Waals surface area contributed by atoms with Gasteiger partial charge in [-0.1, -0.05) is 19.1 Å². The summed E-state index contributed by atoms with van der Waals surface area (Å²) in [5, 5.41) is 4.22. The van der Waals surface area contributed by atoms with Crippen molar-refractivity contribution in [3.63, 3.8) is 0 Å². The molecular weight excluding hydrogens is 262 g/mol. The van der Waals surface area contributed by atoms with Crippen molar-refractivity contribution in [2.75, 3.05) is 0 Å². The summed E-state index contributed by atoms with van der Waals surface area (Å²) in [7, 11) is 0. The van der Waals surface area contributed by atoms with Crippen LogP contribution in [-0.2, 0) is 11.2 Å². The molecule has 1 aliphatic carbocycles. The SMILES string of the molecule is Cc1ccc2c(CC(=O)NC3CCC(C)CC3)coc2c1. The molecule has 0 unspecified atom stereocenters. The quantitative estimate of drug-likeness (QED) is 0.927. The van der Waals surface area contributed by atoms with E-state index < -0.39 is 0 Å². The van der Waals surface area contributed by atoms with E-state index in [4.69, 9.17) is 4.42 Å².